The van der Waals surface area contributed by atoms with Crippen molar-refractivity contribution in [2.24, 2.45) is 5.92 Å². The van der Waals surface area contributed by atoms with Gasteiger partial charge in [0.15, 0.2) is 0 Å². The predicted octanol–water partition coefficient (Wildman–Crippen LogP) is 2.63. The van der Waals surface area contributed by atoms with Gasteiger partial charge in [-0.3, -0.25) is 10.1 Å². The van der Waals surface area contributed by atoms with Crippen molar-refractivity contribution in [2.75, 3.05) is 13.1 Å². The minimum Gasteiger partial charge on any atom is -0.480 e. The third-order valence-electron chi connectivity index (χ3n) is 5.72. The van der Waals surface area contributed by atoms with E-state index in [2.05, 4.69) is 17.1 Å². The average molecular weight is 294 g/mol. The molecule has 0 aromatic rings. The molecule has 0 bridgehead atoms. The second-order valence-corrected chi connectivity index (χ2v) is 7.49. The largest absolute Gasteiger partial charge is 0.480 e. The Kier molecular flexibility index (Phi) is 4.55. The lowest BCUT2D eigenvalue weighted by atomic mass is 9.78. The van der Waals surface area contributed by atoms with Gasteiger partial charge in [0.1, 0.15) is 5.54 Å². The monoisotopic (exact) mass is 294 g/mol. The van der Waals surface area contributed by atoms with Crippen LogP contribution in [0.4, 0.5) is 0 Å². The molecule has 0 aromatic heterocycles. The number of nitrogens with zero attached hydrogens (tertiary/aromatic N) is 1. The molecule has 0 amide bonds. The zero-order valence-electron chi connectivity index (χ0n) is 13.3. The first-order valence-corrected chi connectivity index (χ1v) is 8.88. The minimum atomic E-state index is -0.646. The summed E-state index contributed by atoms with van der Waals surface area (Å²) in [5.41, 5.74) is -0.646. The van der Waals surface area contributed by atoms with Gasteiger partial charge >= 0.3 is 5.97 Å². The number of nitrogens with one attached hydrogen (secondary N) is 1. The number of carboxylic acids is 1. The summed E-state index contributed by atoms with van der Waals surface area (Å²) >= 11 is 0. The molecule has 3 aliphatic rings. The molecule has 1 aliphatic heterocycles. The van der Waals surface area contributed by atoms with Gasteiger partial charge in [0.05, 0.1) is 0 Å². The van der Waals surface area contributed by atoms with Crippen molar-refractivity contribution in [1.82, 2.24) is 10.2 Å². The van der Waals surface area contributed by atoms with Gasteiger partial charge in [0, 0.05) is 18.6 Å². The molecule has 3 atom stereocenters. The Morgan fingerprint density at radius 1 is 1.33 bits per heavy atom. The Labute approximate surface area is 128 Å². The third-order valence-corrected chi connectivity index (χ3v) is 5.72. The molecule has 1 heterocycles. The van der Waals surface area contributed by atoms with Gasteiger partial charge in [-0.05, 0) is 63.8 Å². The van der Waals surface area contributed by atoms with E-state index in [4.69, 9.17) is 0 Å². The summed E-state index contributed by atoms with van der Waals surface area (Å²) in [6.45, 7) is 4.63. The number of hydrogen-bond donors (Lipinski definition) is 2. The van der Waals surface area contributed by atoms with Crippen LogP contribution in [0.2, 0.25) is 0 Å². The quantitative estimate of drug-likeness (QED) is 0.791. The molecule has 2 saturated carbocycles. The molecular formula is C17H30N2O2. The van der Waals surface area contributed by atoms with Crippen LogP contribution in [0.3, 0.4) is 0 Å². The fourth-order valence-corrected chi connectivity index (χ4v) is 4.40. The third kappa shape index (κ3) is 3.42. The second-order valence-electron chi connectivity index (χ2n) is 7.49. The summed E-state index contributed by atoms with van der Waals surface area (Å²) in [7, 11) is 0. The van der Waals surface area contributed by atoms with Crippen LogP contribution in [0, 0.1) is 5.92 Å². The van der Waals surface area contributed by atoms with Crippen LogP contribution in [-0.2, 0) is 4.79 Å². The Morgan fingerprint density at radius 3 is 2.81 bits per heavy atom. The van der Waals surface area contributed by atoms with Crippen LogP contribution in [-0.4, -0.2) is 46.7 Å². The Morgan fingerprint density at radius 2 is 2.14 bits per heavy atom. The zero-order valence-corrected chi connectivity index (χ0v) is 13.3. The first kappa shape index (κ1) is 15.3. The van der Waals surface area contributed by atoms with E-state index in [-0.39, 0.29) is 0 Å². The van der Waals surface area contributed by atoms with Gasteiger partial charge in [0.2, 0.25) is 0 Å². The molecule has 2 N–H and O–H groups in total. The van der Waals surface area contributed by atoms with E-state index in [9.17, 15) is 9.90 Å². The maximum absolute atomic E-state index is 11.9. The average Bonchev–Trinajstić information content (AvgIpc) is 3.14. The van der Waals surface area contributed by atoms with E-state index in [1.54, 1.807) is 0 Å². The highest BCUT2D eigenvalue weighted by molar-refractivity contribution is 5.79. The van der Waals surface area contributed by atoms with Gasteiger partial charge in [-0.2, -0.15) is 0 Å². The maximum atomic E-state index is 11.9. The number of rotatable bonds is 6. The van der Waals surface area contributed by atoms with Gasteiger partial charge in [0.25, 0.3) is 0 Å². The van der Waals surface area contributed by atoms with Crippen LogP contribution in [0.15, 0.2) is 0 Å². The van der Waals surface area contributed by atoms with Crippen LogP contribution >= 0.6 is 0 Å². The predicted molar refractivity (Wildman–Crippen MR) is 83.4 cm³/mol. The molecule has 3 unspecified atom stereocenters. The summed E-state index contributed by atoms with van der Waals surface area (Å²) in [6.07, 6.45) is 10.1. The lowest BCUT2D eigenvalue weighted by Gasteiger charge is -2.42. The lowest BCUT2D eigenvalue weighted by molar-refractivity contribution is -0.147. The molecule has 0 spiro atoms. The summed E-state index contributed by atoms with van der Waals surface area (Å²) in [5.74, 6) is 0.218. The van der Waals surface area contributed by atoms with E-state index in [0.29, 0.717) is 12.1 Å². The van der Waals surface area contributed by atoms with E-state index < -0.39 is 11.5 Å². The molecule has 2 aliphatic carbocycles. The fourth-order valence-electron chi connectivity index (χ4n) is 4.40. The molecule has 4 nitrogen and oxygen atoms in total. The van der Waals surface area contributed by atoms with Crippen molar-refractivity contribution in [3.63, 3.8) is 0 Å². The van der Waals surface area contributed by atoms with Gasteiger partial charge in [-0.25, -0.2) is 0 Å². The highest BCUT2D eigenvalue weighted by atomic mass is 16.4. The van der Waals surface area contributed by atoms with Gasteiger partial charge in [-0.1, -0.05) is 13.3 Å². The maximum Gasteiger partial charge on any atom is 0.323 e. The van der Waals surface area contributed by atoms with E-state index in [0.717, 1.165) is 38.0 Å². The second kappa shape index (κ2) is 6.25. The van der Waals surface area contributed by atoms with Gasteiger partial charge in [-0.15, -0.1) is 0 Å². The highest BCUT2D eigenvalue weighted by Crippen LogP contribution is 2.37. The van der Waals surface area contributed by atoms with E-state index >= 15 is 0 Å². The summed E-state index contributed by atoms with van der Waals surface area (Å²) in [4.78, 5) is 14.5. The number of aliphatic carboxylic acids is 1. The molecule has 0 aromatic carbocycles. The SMILES string of the molecule is CCCC1CCN(C2CCCC(NC3CC3)(C(=O)O)C2)C1. The zero-order chi connectivity index (χ0) is 14.9. The van der Waals surface area contributed by atoms with Crippen molar-refractivity contribution in [3.8, 4) is 0 Å². The Bertz CT molecular complexity index is 383. The molecule has 120 valence electrons. The standard InChI is InChI=1S/C17H30N2O2/c1-2-4-13-8-10-19(12-13)15-5-3-9-17(11-15,16(20)21)18-14-6-7-14/h13-15,18H,2-12H2,1H3,(H,20,21). The van der Waals surface area contributed by atoms with Crippen molar-refractivity contribution in [3.05, 3.63) is 0 Å². The molecule has 21 heavy (non-hydrogen) atoms. The molecule has 0 radical (unpaired) electrons. The molecule has 4 heteroatoms. The molecule has 1 saturated heterocycles. The van der Waals surface area contributed by atoms with Crippen LogP contribution < -0.4 is 5.32 Å². The summed E-state index contributed by atoms with van der Waals surface area (Å²) in [6, 6.07) is 0.939. The number of likely N-dealkylation sites (tertiary alicyclic amines) is 1. The fraction of sp³-hybridized carbons (Fsp3) is 0.941. The van der Waals surface area contributed by atoms with Crippen LogP contribution in [0.1, 0.15) is 64.7 Å². The first-order chi connectivity index (χ1) is 10.1. The molecular weight excluding hydrogens is 264 g/mol. The van der Waals surface area contributed by atoms with Crippen molar-refractivity contribution in [2.45, 2.75) is 82.3 Å². The van der Waals surface area contributed by atoms with Crippen LogP contribution in [0.5, 0.6) is 0 Å². The van der Waals surface area contributed by atoms with Crippen LogP contribution in [0.25, 0.3) is 0 Å². The topological polar surface area (TPSA) is 52.6 Å². The van der Waals surface area contributed by atoms with E-state index in [1.165, 1.54) is 38.8 Å². The van der Waals surface area contributed by atoms with E-state index in [1.807, 2.05) is 0 Å². The summed E-state index contributed by atoms with van der Waals surface area (Å²) < 4.78 is 0. The van der Waals surface area contributed by atoms with Gasteiger partial charge < -0.3 is 10.0 Å². The van der Waals surface area contributed by atoms with Crippen molar-refractivity contribution >= 4 is 5.97 Å². The molecule has 3 rings (SSSR count). The van der Waals surface area contributed by atoms with Crippen molar-refractivity contribution in [1.29, 1.82) is 0 Å². The minimum absolute atomic E-state index is 0.464. The van der Waals surface area contributed by atoms with Crippen molar-refractivity contribution < 1.29 is 9.90 Å². The number of carboxylic acid groups (broad SMARTS) is 1. The number of hydrogen-bond acceptors (Lipinski definition) is 3. The summed E-state index contributed by atoms with van der Waals surface area (Å²) in [5, 5.41) is 13.3. The Hall–Kier alpha value is -0.610. The lowest BCUT2D eigenvalue weighted by Crippen LogP contribution is -2.58. The Balaban J connectivity index is 1.62. The smallest absolute Gasteiger partial charge is 0.323 e. The molecule has 3 fully saturated rings. The highest BCUT2D eigenvalue weighted by Gasteiger charge is 2.47. The normalized spacial score (nSPS) is 37.8. The number of carbonyl (C=O) groups is 1. The first-order valence-electron chi connectivity index (χ1n) is 8.88.